The lowest BCUT2D eigenvalue weighted by molar-refractivity contribution is 0.0289. The highest BCUT2D eigenvalue weighted by molar-refractivity contribution is 4.98. The quantitative estimate of drug-likeness (QED) is 0.855. The second-order valence-corrected chi connectivity index (χ2v) is 5.37. The monoisotopic (exact) mass is 227 g/mol. The molecule has 4 heteroatoms. The number of hydrogen-bond donors (Lipinski definition) is 1. The third-order valence-corrected chi connectivity index (χ3v) is 3.33. The van der Waals surface area contributed by atoms with Crippen LogP contribution in [0.5, 0.6) is 0 Å². The van der Waals surface area contributed by atoms with Gasteiger partial charge >= 0.3 is 0 Å². The lowest BCUT2D eigenvalue weighted by atomic mass is 9.75. The van der Waals surface area contributed by atoms with Gasteiger partial charge in [-0.25, -0.2) is 9.37 Å². The minimum Gasteiger partial charge on any atom is -0.338 e. The first-order chi connectivity index (χ1) is 7.30. The molecule has 0 aliphatic carbocycles. The number of nitrogens with two attached hydrogens (primary N) is 1. The minimum absolute atomic E-state index is 0.0565. The fraction of sp³-hybridized carbons (Fsp3) is 0.750. The zero-order chi connectivity index (χ0) is 12.4. The fourth-order valence-corrected chi connectivity index (χ4v) is 1.73. The van der Waals surface area contributed by atoms with E-state index in [2.05, 4.69) is 4.98 Å². The standard InChI is InChI=1S/C12H22FN3/c1-11(2,3)12(13,9-14)6-5-10-15-7-8-16(10)4/h7-8H,5-6,9,14H2,1-4H3. The molecule has 0 bridgehead atoms. The van der Waals surface area contributed by atoms with E-state index in [0.717, 1.165) is 5.82 Å². The fourth-order valence-electron chi connectivity index (χ4n) is 1.73. The highest BCUT2D eigenvalue weighted by Crippen LogP contribution is 2.36. The van der Waals surface area contributed by atoms with Crippen LogP contribution in [0, 0.1) is 5.41 Å². The van der Waals surface area contributed by atoms with Crippen molar-refractivity contribution in [1.29, 1.82) is 0 Å². The molecular formula is C12H22FN3. The van der Waals surface area contributed by atoms with Gasteiger partial charge in [0.25, 0.3) is 0 Å². The maximum Gasteiger partial charge on any atom is 0.128 e. The van der Waals surface area contributed by atoms with E-state index in [1.807, 2.05) is 38.6 Å². The first-order valence-electron chi connectivity index (χ1n) is 5.65. The summed E-state index contributed by atoms with van der Waals surface area (Å²) in [7, 11) is 1.92. The maximum absolute atomic E-state index is 14.6. The zero-order valence-corrected chi connectivity index (χ0v) is 10.6. The van der Waals surface area contributed by atoms with Crippen molar-refractivity contribution >= 4 is 0 Å². The third kappa shape index (κ3) is 2.61. The Labute approximate surface area is 96.9 Å². The number of imidazole rings is 1. The van der Waals surface area contributed by atoms with Crippen LogP contribution in [-0.2, 0) is 13.5 Å². The van der Waals surface area contributed by atoms with E-state index in [-0.39, 0.29) is 6.54 Å². The first-order valence-corrected chi connectivity index (χ1v) is 5.65. The Kier molecular flexibility index (Phi) is 3.73. The SMILES string of the molecule is Cn1ccnc1CCC(F)(CN)C(C)(C)C. The molecule has 0 spiro atoms. The molecule has 1 aromatic rings. The van der Waals surface area contributed by atoms with Crippen molar-refractivity contribution in [2.45, 2.75) is 39.3 Å². The van der Waals surface area contributed by atoms with E-state index in [1.165, 1.54) is 0 Å². The third-order valence-electron chi connectivity index (χ3n) is 3.33. The van der Waals surface area contributed by atoms with Gasteiger partial charge in [0.1, 0.15) is 11.5 Å². The molecule has 0 aliphatic rings. The van der Waals surface area contributed by atoms with Gasteiger partial charge in [-0.3, -0.25) is 0 Å². The van der Waals surface area contributed by atoms with Crippen LogP contribution >= 0.6 is 0 Å². The molecule has 3 nitrogen and oxygen atoms in total. The first kappa shape index (κ1) is 13.2. The summed E-state index contributed by atoms with van der Waals surface area (Å²) in [5.74, 6) is 0.903. The molecule has 2 N–H and O–H groups in total. The average Bonchev–Trinajstić information content (AvgIpc) is 2.59. The summed E-state index contributed by atoms with van der Waals surface area (Å²) in [6.45, 7) is 5.72. The molecule has 0 saturated carbocycles. The Morgan fingerprint density at radius 2 is 2.06 bits per heavy atom. The summed E-state index contributed by atoms with van der Waals surface area (Å²) in [5.41, 5.74) is 3.80. The predicted octanol–water partition coefficient (Wildman–Crippen LogP) is 2.07. The van der Waals surface area contributed by atoms with Crippen LogP contribution in [0.15, 0.2) is 12.4 Å². The maximum atomic E-state index is 14.6. The van der Waals surface area contributed by atoms with Gasteiger partial charge in [-0.1, -0.05) is 20.8 Å². The van der Waals surface area contributed by atoms with Crippen LogP contribution in [0.3, 0.4) is 0 Å². The summed E-state index contributed by atoms with van der Waals surface area (Å²) in [4.78, 5) is 4.19. The molecule has 0 aliphatic heterocycles. The van der Waals surface area contributed by atoms with Gasteiger partial charge in [-0.05, 0) is 11.8 Å². The summed E-state index contributed by atoms with van der Waals surface area (Å²) in [6, 6.07) is 0. The number of aromatic nitrogens is 2. The van der Waals surface area contributed by atoms with E-state index in [1.54, 1.807) is 6.20 Å². The highest BCUT2D eigenvalue weighted by atomic mass is 19.1. The Hall–Kier alpha value is -0.900. The number of aryl methyl sites for hydroxylation is 2. The van der Waals surface area contributed by atoms with Crippen LogP contribution < -0.4 is 5.73 Å². The van der Waals surface area contributed by atoms with Crippen LogP contribution in [-0.4, -0.2) is 21.8 Å². The van der Waals surface area contributed by atoms with Crippen molar-refractivity contribution in [2.75, 3.05) is 6.54 Å². The smallest absolute Gasteiger partial charge is 0.128 e. The van der Waals surface area contributed by atoms with Crippen molar-refractivity contribution in [3.63, 3.8) is 0 Å². The molecule has 1 unspecified atom stereocenters. The predicted molar refractivity (Wildman–Crippen MR) is 63.9 cm³/mol. The van der Waals surface area contributed by atoms with Gasteiger partial charge in [0.05, 0.1) is 0 Å². The molecule has 0 saturated heterocycles. The summed E-state index contributed by atoms with van der Waals surface area (Å²) in [5, 5.41) is 0. The van der Waals surface area contributed by atoms with E-state index >= 15 is 0 Å². The highest BCUT2D eigenvalue weighted by Gasteiger charge is 2.40. The van der Waals surface area contributed by atoms with E-state index in [4.69, 9.17) is 5.73 Å². The number of rotatable bonds is 4. The summed E-state index contributed by atoms with van der Waals surface area (Å²) >= 11 is 0. The van der Waals surface area contributed by atoms with Gasteiger partial charge in [0.2, 0.25) is 0 Å². The van der Waals surface area contributed by atoms with Gasteiger partial charge < -0.3 is 10.3 Å². The lowest BCUT2D eigenvalue weighted by Crippen LogP contribution is -2.45. The zero-order valence-electron chi connectivity index (χ0n) is 10.6. The normalized spacial score (nSPS) is 16.1. The van der Waals surface area contributed by atoms with E-state index in [0.29, 0.717) is 12.8 Å². The number of nitrogens with zero attached hydrogens (tertiary/aromatic N) is 2. The van der Waals surface area contributed by atoms with Crippen molar-refractivity contribution in [2.24, 2.45) is 18.2 Å². The van der Waals surface area contributed by atoms with Crippen molar-refractivity contribution in [3.8, 4) is 0 Å². The van der Waals surface area contributed by atoms with Crippen LogP contribution in [0.25, 0.3) is 0 Å². The molecule has 1 aromatic heterocycles. The van der Waals surface area contributed by atoms with E-state index in [9.17, 15) is 4.39 Å². The summed E-state index contributed by atoms with van der Waals surface area (Å²) in [6.07, 6.45) is 4.63. The van der Waals surface area contributed by atoms with Crippen LogP contribution in [0.1, 0.15) is 33.0 Å². The van der Waals surface area contributed by atoms with Gasteiger partial charge in [-0.2, -0.15) is 0 Å². The molecule has 1 heterocycles. The second-order valence-electron chi connectivity index (χ2n) is 5.37. The van der Waals surface area contributed by atoms with Gasteiger partial charge in [0, 0.05) is 32.4 Å². The number of halogens is 1. The molecule has 92 valence electrons. The van der Waals surface area contributed by atoms with Crippen LogP contribution in [0.4, 0.5) is 4.39 Å². The van der Waals surface area contributed by atoms with E-state index < -0.39 is 11.1 Å². The molecule has 1 rings (SSSR count). The molecule has 0 fully saturated rings. The molecule has 0 amide bonds. The Morgan fingerprint density at radius 3 is 2.44 bits per heavy atom. The number of hydrogen-bond acceptors (Lipinski definition) is 2. The van der Waals surface area contributed by atoms with Gasteiger partial charge in [-0.15, -0.1) is 0 Å². The summed E-state index contributed by atoms with van der Waals surface area (Å²) < 4.78 is 16.5. The molecule has 0 aromatic carbocycles. The second kappa shape index (κ2) is 4.53. The van der Waals surface area contributed by atoms with Crippen molar-refractivity contribution < 1.29 is 4.39 Å². The Bertz CT molecular complexity index is 340. The molecule has 0 radical (unpaired) electrons. The Balaban J connectivity index is 2.69. The number of alkyl halides is 1. The van der Waals surface area contributed by atoms with Gasteiger partial charge in [0.15, 0.2) is 0 Å². The molecule has 1 atom stereocenters. The molecule has 16 heavy (non-hydrogen) atoms. The Morgan fingerprint density at radius 1 is 1.44 bits per heavy atom. The molecular weight excluding hydrogens is 205 g/mol. The average molecular weight is 227 g/mol. The van der Waals surface area contributed by atoms with Crippen LogP contribution in [0.2, 0.25) is 0 Å². The minimum atomic E-state index is -1.33. The van der Waals surface area contributed by atoms with Crippen molar-refractivity contribution in [3.05, 3.63) is 18.2 Å². The largest absolute Gasteiger partial charge is 0.338 e. The topological polar surface area (TPSA) is 43.8 Å². The van der Waals surface area contributed by atoms with Crippen molar-refractivity contribution in [1.82, 2.24) is 9.55 Å². The lowest BCUT2D eigenvalue weighted by Gasteiger charge is -2.36.